The molecule has 0 nitrogen and oxygen atoms in total. The van der Waals surface area contributed by atoms with Gasteiger partial charge in [0.1, 0.15) is 5.03 Å². The lowest BCUT2D eigenvalue weighted by Crippen LogP contribution is -2.06. The number of rotatable bonds is 2. The van der Waals surface area contributed by atoms with Crippen LogP contribution in [0.1, 0.15) is 11.1 Å². The van der Waals surface area contributed by atoms with E-state index in [4.69, 9.17) is 11.6 Å². The number of allylic oxidation sites excluding steroid dienone is 1. The van der Waals surface area contributed by atoms with E-state index in [9.17, 15) is 13.2 Å². The van der Waals surface area contributed by atoms with Gasteiger partial charge in [0.25, 0.3) is 0 Å². The Labute approximate surface area is 98.9 Å². The molecule has 1 aromatic rings. The third-order valence-electron chi connectivity index (χ3n) is 1.70. The third kappa shape index (κ3) is 3.87. The molecular weight excluding hydrogens is 292 g/mol. The zero-order valence-electron chi connectivity index (χ0n) is 7.48. The predicted octanol–water partition coefficient (Wildman–Crippen LogP) is 4.72. The molecule has 0 fully saturated rings. The minimum absolute atomic E-state index is 0.432. The fourth-order valence-corrected chi connectivity index (χ4v) is 1.43. The first kappa shape index (κ1) is 12.6. The summed E-state index contributed by atoms with van der Waals surface area (Å²) in [5.74, 6) is 0. The van der Waals surface area contributed by atoms with E-state index in [2.05, 4.69) is 15.9 Å². The molecule has 5 heteroatoms. The second-order valence-electron chi connectivity index (χ2n) is 2.87. The normalized spacial score (nSPS) is 13.0. The van der Waals surface area contributed by atoms with Crippen molar-refractivity contribution in [3.63, 3.8) is 0 Å². The van der Waals surface area contributed by atoms with Gasteiger partial charge in [0, 0.05) is 5.33 Å². The first-order valence-corrected chi connectivity index (χ1v) is 5.52. The van der Waals surface area contributed by atoms with Crippen LogP contribution in [-0.2, 0) is 5.33 Å². The maximum absolute atomic E-state index is 12.1. The van der Waals surface area contributed by atoms with Gasteiger partial charge in [-0.15, -0.1) is 0 Å². The minimum atomic E-state index is -4.48. The Morgan fingerprint density at radius 3 is 2.20 bits per heavy atom. The van der Waals surface area contributed by atoms with Gasteiger partial charge in [-0.3, -0.25) is 0 Å². The summed E-state index contributed by atoms with van der Waals surface area (Å²) in [6, 6.07) is 6.65. The zero-order valence-corrected chi connectivity index (χ0v) is 9.83. The minimum Gasteiger partial charge on any atom is -0.165 e. The van der Waals surface area contributed by atoms with Crippen molar-refractivity contribution in [1.29, 1.82) is 0 Å². The highest BCUT2D eigenvalue weighted by Crippen LogP contribution is 2.30. The van der Waals surface area contributed by atoms with E-state index in [-0.39, 0.29) is 0 Å². The SMILES string of the molecule is FC(F)(F)C(Cl)=Cc1ccc(CBr)cc1. The molecule has 0 amide bonds. The lowest BCUT2D eigenvalue weighted by Gasteiger charge is -2.04. The van der Waals surface area contributed by atoms with E-state index in [1.165, 1.54) is 0 Å². The molecule has 0 radical (unpaired) electrons. The molecule has 0 unspecified atom stereocenters. The quantitative estimate of drug-likeness (QED) is 0.693. The van der Waals surface area contributed by atoms with Crippen LogP contribution in [0.2, 0.25) is 0 Å². The second kappa shape index (κ2) is 5.03. The Balaban J connectivity index is 2.89. The zero-order chi connectivity index (χ0) is 11.5. The lowest BCUT2D eigenvalue weighted by molar-refractivity contribution is -0.0836. The number of hydrogen-bond donors (Lipinski definition) is 0. The molecule has 0 N–H and O–H groups in total. The first-order valence-electron chi connectivity index (χ1n) is 4.03. The van der Waals surface area contributed by atoms with Crippen LogP contribution in [0, 0.1) is 0 Å². The molecule has 0 heterocycles. The van der Waals surface area contributed by atoms with Gasteiger partial charge in [0.05, 0.1) is 0 Å². The van der Waals surface area contributed by atoms with Crippen molar-refractivity contribution in [3.8, 4) is 0 Å². The van der Waals surface area contributed by atoms with Crippen molar-refractivity contribution in [2.75, 3.05) is 0 Å². The average Bonchev–Trinajstić information content (AvgIpc) is 2.17. The summed E-state index contributed by atoms with van der Waals surface area (Å²) in [5, 5.41) is -0.446. The highest BCUT2D eigenvalue weighted by atomic mass is 79.9. The van der Waals surface area contributed by atoms with E-state index in [1.807, 2.05) is 0 Å². The summed E-state index contributed by atoms with van der Waals surface area (Å²) in [6.45, 7) is 0. The number of halogens is 5. The van der Waals surface area contributed by atoms with Crippen molar-refractivity contribution in [2.45, 2.75) is 11.5 Å². The maximum Gasteiger partial charge on any atom is 0.426 e. The van der Waals surface area contributed by atoms with Crippen molar-refractivity contribution < 1.29 is 13.2 Å². The van der Waals surface area contributed by atoms with Gasteiger partial charge in [-0.05, 0) is 17.2 Å². The molecule has 82 valence electrons. The molecule has 0 saturated heterocycles. The largest absolute Gasteiger partial charge is 0.426 e. The Morgan fingerprint density at radius 1 is 1.27 bits per heavy atom. The smallest absolute Gasteiger partial charge is 0.165 e. The molecule has 15 heavy (non-hydrogen) atoms. The fourth-order valence-electron chi connectivity index (χ4n) is 0.931. The molecule has 1 rings (SSSR count). The molecular formula is C10H7BrClF3. The molecule has 1 aromatic carbocycles. The van der Waals surface area contributed by atoms with Crippen LogP contribution in [0.3, 0.4) is 0 Å². The van der Waals surface area contributed by atoms with Crippen molar-refractivity contribution in [3.05, 3.63) is 40.4 Å². The summed E-state index contributed by atoms with van der Waals surface area (Å²) in [7, 11) is 0. The van der Waals surface area contributed by atoms with Crippen molar-refractivity contribution in [2.24, 2.45) is 0 Å². The van der Waals surface area contributed by atoms with E-state index < -0.39 is 11.2 Å². The van der Waals surface area contributed by atoms with E-state index >= 15 is 0 Å². The number of alkyl halides is 4. The summed E-state index contributed by atoms with van der Waals surface area (Å²) in [6.07, 6.45) is -3.57. The average molecular weight is 300 g/mol. The highest BCUT2D eigenvalue weighted by molar-refractivity contribution is 9.08. The monoisotopic (exact) mass is 298 g/mol. The van der Waals surface area contributed by atoms with Crippen LogP contribution < -0.4 is 0 Å². The Hall–Kier alpha value is -0.480. The predicted molar refractivity (Wildman–Crippen MR) is 59.0 cm³/mol. The Kier molecular flexibility index (Phi) is 4.22. The fraction of sp³-hybridized carbons (Fsp3) is 0.200. The molecule has 0 bridgehead atoms. The maximum atomic E-state index is 12.1. The molecule has 0 atom stereocenters. The third-order valence-corrected chi connectivity index (χ3v) is 2.67. The molecule has 0 aromatic heterocycles. The van der Waals surface area contributed by atoms with Crippen molar-refractivity contribution in [1.82, 2.24) is 0 Å². The van der Waals surface area contributed by atoms with Gasteiger partial charge in [-0.1, -0.05) is 51.8 Å². The van der Waals surface area contributed by atoms with Crippen LogP contribution in [0.5, 0.6) is 0 Å². The second-order valence-corrected chi connectivity index (χ2v) is 3.83. The standard InChI is InChI=1S/C10H7BrClF3/c11-6-8-3-1-7(2-4-8)5-9(12)10(13,14)15/h1-5H,6H2. The van der Waals surface area contributed by atoms with Gasteiger partial charge in [-0.2, -0.15) is 13.2 Å². The summed E-state index contributed by atoms with van der Waals surface area (Å²) in [5.41, 5.74) is 1.43. The molecule has 0 aliphatic rings. The number of benzene rings is 1. The summed E-state index contributed by atoms with van der Waals surface area (Å²) < 4.78 is 36.2. The van der Waals surface area contributed by atoms with Crippen LogP contribution in [0.25, 0.3) is 6.08 Å². The van der Waals surface area contributed by atoms with E-state index in [1.54, 1.807) is 24.3 Å². The van der Waals surface area contributed by atoms with Crippen LogP contribution in [-0.4, -0.2) is 6.18 Å². The van der Waals surface area contributed by atoms with E-state index in [0.717, 1.165) is 11.6 Å². The van der Waals surface area contributed by atoms with Gasteiger partial charge in [0.2, 0.25) is 0 Å². The van der Waals surface area contributed by atoms with Crippen LogP contribution in [0.15, 0.2) is 29.3 Å². The molecule has 0 saturated carbocycles. The molecule has 0 spiro atoms. The molecule has 0 aliphatic carbocycles. The first-order chi connectivity index (χ1) is 6.93. The van der Waals surface area contributed by atoms with Gasteiger partial charge < -0.3 is 0 Å². The summed E-state index contributed by atoms with van der Waals surface area (Å²) >= 11 is 8.34. The number of hydrogen-bond acceptors (Lipinski definition) is 0. The van der Waals surface area contributed by atoms with Gasteiger partial charge in [0.15, 0.2) is 0 Å². The van der Waals surface area contributed by atoms with Crippen molar-refractivity contribution >= 4 is 33.6 Å². The molecule has 0 aliphatic heterocycles. The van der Waals surface area contributed by atoms with Gasteiger partial charge in [-0.25, -0.2) is 0 Å². The van der Waals surface area contributed by atoms with E-state index in [0.29, 0.717) is 10.9 Å². The topological polar surface area (TPSA) is 0 Å². The lowest BCUT2D eigenvalue weighted by atomic mass is 10.1. The van der Waals surface area contributed by atoms with Gasteiger partial charge >= 0.3 is 6.18 Å². The van der Waals surface area contributed by atoms with Crippen LogP contribution in [0.4, 0.5) is 13.2 Å². The summed E-state index contributed by atoms with van der Waals surface area (Å²) in [4.78, 5) is 0. The highest BCUT2D eigenvalue weighted by Gasteiger charge is 2.32. The van der Waals surface area contributed by atoms with Crippen LogP contribution >= 0.6 is 27.5 Å². The Bertz CT molecular complexity index is 354. The Morgan fingerprint density at radius 2 is 1.80 bits per heavy atom.